The van der Waals surface area contributed by atoms with E-state index < -0.39 is 25.4 Å². The predicted octanol–water partition coefficient (Wildman–Crippen LogP) is 5.30. The lowest BCUT2D eigenvalue weighted by atomic mass is 10.2. The van der Waals surface area contributed by atoms with Crippen LogP contribution in [0.25, 0.3) is 0 Å². The minimum atomic E-state index is -2.07. The van der Waals surface area contributed by atoms with Crippen molar-refractivity contribution in [2.45, 2.75) is 77.9 Å². The maximum Gasteiger partial charge on any atom is 0.334 e. The van der Waals surface area contributed by atoms with Crippen molar-refractivity contribution in [2.75, 3.05) is 41.5 Å². The van der Waals surface area contributed by atoms with Crippen LogP contribution in [0.1, 0.15) is 34.6 Å². The van der Waals surface area contributed by atoms with Gasteiger partial charge in [-0.2, -0.15) is 0 Å². The van der Waals surface area contributed by atoms with Crippen LogP contribution in [0.4, 0.5) is 0 Å². The minimum absolute atomic E-state index is 0.304. The highest BCUT2D eigenvalue weighted by Crippen LogP contribution is 2.39. The summed E-state index contributed by atoms with van der Waals surface area (Å²) in [6.07, 6.45) is 0. The van der Waals surface area contributed by atoms with Gasteiger partial charge in [0.15, 0.2) is 0 Å². The fourth-order valence-electron chi connectivity index (χ4n) is 3.65. The third-order valence-corrected chi connectivity index (χ3v) is 18.8. The van der Waals surface area contributed by atoms with Gasteiger partial charge in [-0.1, -0.05) is 47.7 Å². The predicted molar refractivity (Wildman–Crippen MR) is 128 cm³/mol. The summed E-state index contributed by atoms with van der Waals surface area (Å²) in [5, 5.41) is 0.304. The molecule has 0 aliphatic carbocycles. The summed E-state index contributed by atoms with van der Waals surface area (Å²) in [4.78, 5) is 0. The van der Waals surface area contributed by atoms with E-state index >= 15 is 0 Å². The van der Waals surface area contributed by atoms with Gasteiger partial charge in [0.05, 0.1) is 0 Å². The molecule has 0 aliphatic rings. The first-order chi connectivity index (χ1) is 12.6. The molecule has 0 aromatic rings. The number of nitrogens with zero attached hydrogens (tertiary/aromatic N) is 1. The van der Waals surface area contributed by atoms with Gasteiger partial charge in [0, 0.05) is 28.4 Å². The Morgan fingerprint density at radius 3 is 1.18 bits per heavy atom. The van der Waals surface area contributed by atoms with E-state index in [2.05, 4.69) is 65.4 Å². The van der Waals surface area contributed by atoms with Crippen LogP contribution in [-0.2, 0) is 17.7 Å². The average Bonchev–Trinajstić information content (AvgIpc) is 2.59. The summed E-state index contributed by atoms with van der Waals surface area (Å²) in [6.45, 7) is 23.4. The first kappa shape index (κ1) is 28.5. The highest BCUT2D eigenvalue weighted by atomic mass is 28.4. The van der Waals surface area contributed by atoms with Crippen LogP contribution in [0.5, 0.6) is 0 Å². The van der Waals surface area contributed by atoms with E-state index in [1.165, 1.54) is 0 Å². The van der Waals surface area contributed by atoms with Crippen LogP contribution >= 0.6 is 0 Å². The van der Waals surface area contributed by atoms with Gasteiger partial charge in [-0.25, -0.2) is 0 Å². The lowest BCUT2D eigenvalue weighted by Crippen LogP contribution is -2.58. The lowest BCUT2D eigenvalue weighted by molar-refractivity contribution is 0.227. The number of hydrogen-bond acceptors (Lipinski definition) is 5. The third-order valence-electron chi connectivity index (χ3n) is 6.86. The standard InChI is InChI=1S/C20H49NO4Si3/c1-18(16-27(12,22-6)23-7)14-21(26(10,11)20(3,4)5)15-19(2)17-28(13,24-8)25-9/h18-19H,14-17H2,1-13H3. The van der Waals surface area contributed by atoms with E-state index in [0.717, 1.165) is 25.2 Å². The molecular weight excluding hydrogens is 402 g/mol. The molecule has 8 heteroatoms. The van der Waals surface area contributed by atoms with Crippen LogP contribution in [0.2, 0.25) is 43.3 Å². The average molecular weight is 452 g/mol. The van der Waals surface area contributed by atoms with Gasteiger partial charge < -0.3 is 22.3 Å². The Hall–Kier alpha value is 0.451. The quantitative estimate of drug-likeness (QED) is 0.356. The second-order valence-electron chi connectivity index (χ2n) is 10.4. The van der Waals surface area contributed by atoms with Gasteiger partial charge >= 0.3 is 17.1 Å². The van der Waals surface area contributed by atoms with Gasteiger partial charge in [0.25, 0.3) is 0 Å². The summed E-state index contributed by atoms with van der Waals surface area (Å²) >= 11 is 0. The number of rotatable bonds is 13. The zero-order valence-corrected chi connectivity index (χ0v) is 24.1. The second-order valence-corrected chi connectivity index (χ2v) is 22.7. The molecule has 0 aromatic carbocycles. The van der Waals surface area contributed by atoms with Crippen molar-refractivity contribution >= 4 is 25.4 Å². The van der Waals surface area contributed by atoms with Crippen molar-refractivity contribution in [1.82, 2.24) is 4.57 Å². The molecule has 0 rings (SSSR count). The van der Waals surface area contributed by atoms with Crippen molar-refractivity contribution < 1.29 is 17.7 Å². The first-order valence-corrected chi connectivity index (χ1v) is 18.5. The van der Waals surface area contributed by atoms with E-state index in [1.807, 2.05) is 0 Å². The summed E-state index contributed by atoms with van der Waals surface area (Å²) in [5.74, 6) is 1.07. The second kappa shape index (κ2) is 11.2. The summed E-state index contributed by atoms with van der Waals surface area (Å²) in [7, 11) is 1.37. The Morgan fingerprint density at radius 2 is 0.964 bits per heavy atom. The Balaban J connectivity index is 5.45. The molecule has 0 saturated heterocycles. The topological polar surface area (TPSA) is 40.2 Å². The third kappa shape index (κ3) is 8.29. The Kier molecular flexibility index (Phi) is 11.4. The van der Waals surface area contributed by atoms with E-state index in [-0.39, 0.29) is 0 Å². The van der Waals surface area contributed by atoms with Crippen molar-refractivity contribution in [1.29, 1.82) is 0 Å². The molecule has 0 N–H and O–H groups in total. The van der Waals surface area contributed by atoms with Crippen molar-refractivity contribution in [2.24, 2.45) is 11.8 Å². The molecular formula is C20H49NO4Si3. The Morgan fingerprint density at radius 1 is 0.679 bits per heavy atom. The normalized spacial score (nSPS) is 16.5. The van der Waals surface area contributed by atoms with Crippen LogP contribution in [-0.4, -0.2) is 71.5 Å². The largest absolute Gasteiger partial charge is 0.398 e. The maximum atomic E-state index is 5.75. The molecule has 0 aromatic heterocycles. The maximum absolute atomic E-state index is 5.75. The van der Waals surface area contributed by atoms with Crippen molar-refractivity contribution in [3.63, 3.8) is 0 Å². The Labute approximate surface area is 179 Å². The summed E-state index contributed by atoms with van der Waals surface area (Å²) in [6, 6.07) is 2.03. The van der Waals surface area contributed by atoms with Gasteiger partial charge in [-0.05, 0) is 55.1 Å². The molecule has 2 atom stereocenters. The molecule has 5 nitrogen and oxygen atoms in total. The molecule has 0 amide bonds. The fourth-order valence-corrected chi connectivity index (χ4v) is 9.93. The SMILES string of the molecule is CO[Si](C)(CC(C)CN(CC(C)C[Si](C)(OC)OC)[Si](C)(C)C(C)(C)C)OC. The van der Waals surface area contributed by atoms with E-state index in [1.54, 1.807) is 28.4 Å². The molecule has 0 radical (unpaired) electrons. The lowest BCUT2D eigenvalue weighted by Gasteiger charge is -2.48. The summed E-state index contributed by atoms with van der Waals surface area (Å²) < 4.78 is 25.8. The van der Waals surface area contributed by atoms with Gasteiger partial charge in [-0.15, -0.1) is 0 Å². The molecule has 0 spiro atoms. The zero-order chi connectivity index (χ0) is 22.4. The van der Waals surface area contributed by atoms with E-state index in [0.29, 0.717) is 16.9 Å². The van der Waals surface area contributed by atoms with Crippen molar-refractivity contribution in [3.8, 4) is 0 Å². The Bertz CT molecular complexity index is 421. The van der Waals surface area contributed by atoms with E-state index in [9.17, 15) is 0 Å². The zero-order valence-electron chi connectivity index (χ0n) is 21.1. The van der Waals surface area contributed by atoms with Crippen LogP contribution in [0, 0.1) is 11.8 Å². The highest BCUT2D eigenvalue weighted by molar-refractivity contribution is 6.77. The van der Waals surface area contributed by atoms with Gasteiger partial charge in [-0.3, -0.25) is 0 Å². The monoisotopic (exact) mass is 451 g/mol. The van der Waals surface area contributed by atoms with Gasteiger partial charge in [0.1, 0.15) is 8.24 Å². The molecule has 28 heavy (non-hydrogen) atoms. The first-order valence-electron chi connectivity index (χ1n) is 10.6. The molecule has 0 aliphatic heterocycles. The van der Waals surface area contributed by atoms with Crippen LogP contribution in [0.3, 0.4) is 0 Å². The van der Waals surface area contributed by atoms with E-state index in [4.69, 9.17) is 17.7 Å². The van der Waals surface area contributed by atoms with Gasteiger partial charge in [0.2, 0.25) is 0 Å². The number of hydrogen-bond donors (Lipinski definition) is 0. The molecule has 2 unspecified atom stereocenters. The van der Waals surface area contributed by atoms with Crippen LogP contribution < -0.4 is 0 Å². The highest BCUT2D eigenvalue weighted by Gasteiger charge is 2.43. The summed E-state index contributed by atoms with van der Waals surface area (Å²) in [5.41, 5.74) is 0. The smallest absolute Gasteiger partial charge is 0.334 e. The molecule has 0 saturated carbocycles. The minimum Gasteiger partial charge on any atom is -0.398 e. The fraction of sp³-hybridized carbons (Fsp3) is 1.00. The molecule has 0 bridgehead atoms. The molecule has 0 heterocycles. The molecule has 170 valence electrons. The molecule has 0 fully saturated rings. The van der Waals surface area contributed by atoms with Crippen molar-refractivity contribution in [3.05, 3.63) is 0 Å². The van der Waals surface area contributed by atoms with Crippen LogP contribution in [0.15, 0.2) is 0 Å².